The average Bonchev–Trinajstić information content (AvgIpc) is 3.06. The molecular formula is C14H14O5. The van der Waals surface area contributed by atoms with Crippen LogP contribution in [0.15, 0.2) is 39.6 Å². The van der Waals surface area contributed by atoms with Crippen LogP contribution in [0.4, 0.5) is 0 Å². The third-order valence-corrected chi connectivity index (χ3v) is 2.79. The Bertz CT molecular complexity index is 538. The predicted molar refractivity (Wildman–Crippen MR) is 65.9 cm³/mol. The summed E-state index contributed by atoms with van der Waals surface area (Å²) < 4.78 is 15.0. The van der Waals surface area contributed by atoms with E-state index in [1.54, 1.807) is 24.5 Å². The summed E-state index contributed by atoms with van der Waals surface area (Å²) in [4.78, 5) is 21.9. The second kappa shape index (κ2) is 6.04. The Hall–Kier alpha value is -2.30. The predicted octanol–water partition coefficient (Wildman–Crippen LogP) is 2.57. The molecule has 0 spiro atoms. The second-order valence-electron chi connectivity index (χ2n) is 4.25. The molecule has 0 aliphatic heterocycles. The van der Waals surface area contributed by atoms with Crippen LogP contribution in [-0.4, -0.2) is 18.9 Å². The van der Waals surface area contributed by atoms with Crippen LogP contribution in [0.3, 0.4) is 0 Å². The van der Waals surface area contributed by atoms with Crippen molar-refractivity contribution in [2.24, 2.45) is 0 Å². The van der Waals surface area contributed by atoms with Crippen LogP contribution >= 0.6 is 0 Å². The molecule has 19 heavy (non-hydrogen) atoms. The van der Waals surface area contributed by atoms with Crippen molar-refractivity contribution in [2.75, 3.05) is 6.61 Å². The van der Waals surface area contributed by atoms with E-state index >= 15 is 0 Å². The minimum Gasteiger partial charge on any atom is -0.469 e. The lowest BCUT2D eigenvalue weighted by molar-refractivity contribution is -0.129. The summed E-state index contributed by atoms with van der Waals surface area (Å²) >= 11 is 0. The number of furan rings is 2. The largest absolute Gasteiger partial charge is 0.469 e. The van der Waals surface area contributed by atoms with Crippen molar-refractivity contribution in [2.45, 2.75) is 19.3 Å². The quantitative estimate of drug-likeness (QED) is 0.566. The van der Waals surface area contributed by atoms with Crippen LogP contribution in [0.1, 0.15) is 34.7 Å². The summed E-state index contributed by atoms with van der Waals surface area (Å²) in [6, 6.07) is 5.08. The molecule has 0 amide bonds. The van der Waals surface area contributed by atoms with E-state index in [0.717, 1.165) is 5.56 Å². The first-order chi connectivity index (χ1) is 9.20. The summed E-state index contributed by atoms with van der Waals surface area (Å²) in [5.74, 6) is 0.772. The van der Waals surface area contributed by atoms with E-state index in [1.807, 2.05) is 6.92 Å². The third-order valence-electron chi connectivity index (χ3n) is 2.79. The molecule has 0 saturated carbocycles. The molecule has 1 unspecified atom stereocenters. The monoisotopic (exact) mass is 262 g/mol. The molecule has 0 bridgehead atoms. The van der Waals surface area contributed by atoms with Gasteiger partial charge in [-0.25, -0.2) is 0 Å². The van der Waals surface area contributed by atoms with Crippen molar-refractivity contribution in [3.63, 3.8) is 0 Å². The zero-order valence-corrected chi connectivity index (χ0v) is 10.5. The van der Waals surface area contributed by atoms with Crippen LogP contribution in [0, 0.1) is 0 Å². The summed E-state index contributed by atoms with van der Waals surface area (Å²) in [6.07, 6.45) is 3.18. The Morgan fingerprint density at radius 1 is 1.47 bits per heavy atom. The first kappa shape index (κ1) is 13.1. The van der Waals surface area contributed by atoms with Gasteiger partial charge in [-0.2, -0.15) is 0 Å². The maximum atomic E-state index is 11.8. The van der Waals surface area contributed by atoms with Gasteiger partial charge in [-0.15, -0.1) is 0 Å². The minimum absolute atomic E-state index is 0.0291. The van der Waals surface area contributed by atoms with Crippen LogP contribution in [0.5, 0.6) is 0 Å². The fraction of sp³-hybridized carbons (Fsp3) is 0.286. The molecule has 0 N–H and O–H groups in total. The van der Waals surface area contributed by atoms with Gasteiger partial charge in [0.15, 0.2) is 5.76 Å². The van der Waals surface area contributed by atoms with Gasteiger partial charge in [-0.05, 0) is 23.8 Å². The van der Waals surface area contributed by atoms with Gasteiger partial charge in [0, 0.05) is 5.92 Å². The standard InChI is InChI=1S/C14H14O5/c1-10(7-17-9-15)11-5-12(19-8-11)6-13(16)14-3-2-4-18-14/h2-5,8-10H,6-7H2,1H3. The highest BCUT2D eigenvalue weighted by atomic mass is 16.5. The summed E-state index contributed by atoms with van der Waals surface area (Å²) in [5.41, 5.74) is 0.893. The number of Topliss-reactive ketones (excluding diaryl/α,β-unsaturated/α-hetero) is 1. The summed E-state index contributed by atoms with van der Waals surface area (Å²) in [6.45, 7) is 2.61. The Kier molecular flexibility index (Phi) is 4.18. The lowest BCUT2D eigenvalue weighted by Crippen LogP contribution is -2.03. The Morgan fingerprint density at radius 2 is 2.32 bits per heavy atom. The van der Waals surface area contributed by atoms with E-state index in [2.05, 4.69) is 0 Å². The van der Waals surface area contributed by atoms with E-state index in [0.29, 0.717) is 18.0 Å². The number of carbonyl (C=O) groups excluding carboxylic acids is 2. The van der Waals surface area contributed by atoms with E-state index in [9.17, 15) is 9.59 Å². The fourth-order valence-electron chi connectivity index (χ4n) is 1.71. The zero-order chi connectivity index (χ0) is 13.7. The Labute approximate surface area is 110 Å². The average molecular weight is 262 g/mol. The Balaban J connectivity index is 1.97. The number of hydrogen-bond acceptors (Lipinski definition) is 5. The third kappa shape index (κ3) is 3.34. The lowest BCUT2D eigenvalue weighted by Gasteiger charge is -2.05. The van der Waals surface area contributed by atoms with Gasteiger partial charge >= 0.3 is 0 Å². The molecule has 5 nitrogen and oxygen atoms in total. The van der Waals surface area contributed by atoms with Gasteiger partial charge in [0.25, 0.3) is 6.47 Å². The summed E-state index contributed by atoms with van der Waals surface area (Å²) in [5, 5.41) is 0. The molecule has 0 aromatic carbocycles. The maximum absolute atomic E-state index is 11.8. The van der Waals surface area contributed by atoms with Crippen molar-refractivity contribution < 1.29 is 23.2 Å². The van der Waals surface area contributed by atoms with E-state index in [-0.39, 0.29) is 24.7 Å². The first-order valence-corrected chi connectivity index (χ1v) is 5.90. The van der Waals surface area contributed by atoms with Crippen molar-refractivity contribution >= 4 is 12.3 Å². The molecule has 2 rings (SSSR count). The molecule has 1 atom stereocenters. The molecule has 2 aromatic heterocycles. The summed E-state index contributed by atoms with van der Waals surface area (Å²) in [7, 11) is 0. The Morgan fingerprint density at radius 3 is 3.00 bits per heavy atom. The molecule has 0 aliphatic carbocycles. The van der Waals surface area contributed by atoms with Crippen molar-refractivity contribution in [3.05, 3.63) is 47.8 Å². The number of ether oxygens (including phenoxy) is 1. The molecule has 5 heteroatoms. The van der Waals surface area contributed by atoms with Gasteiger partial charge in [-0.3, -0.25) is 9.59 Å². The van der Waals surface area contributed by atoms with Crippen molar-refractivity contribution in [1.82, 2.24) is 0 Å². The van der Waals surface area contributed by atoms with Crippen LogP contribution in [0.2, 0.25) is 0 Å². The normalized spacial score (nSPS) is 12.1. The topological polar surface area (TPSA) is 69.7 Å². The van der Waals surface area contributed by atoms with Gasteiger partial charge in [0.2, 0.25) is 5.78 Å². The van der Waals surface area contributed by atoms with Crippen molar-refractivity contribution in [1.29, 1.82) is 0 Å². The molecule has 2 heterocycles. The lowest BCUT2D eigenvalue weighted by atomic mass is 10.0. The van der Waals surface area contributed by atoms with E-state index in [1.165, 1.54) is 6.26 Å². The van der Waals surface area contributed by atoms with E-state index < -0.39 is 0 Å². The van der Waals surface area contributed by atoms with E-state index in [4.69, 9.17) is 13.6 Å². The molecule has 0 fully saturated rings. The van der Waals surface area contributed by atoms with Crippen LogP contribution in [0.25, 0.3) is 0 Å². The molecule has 0 aliphatic rings. The van der Waals surface area contributed by atoms with Gasteiger partial charge < -0.3 is 13.6 Å². The first-order valence-electron chi connectivity index (χ1n) is 5.90. The maximum Gasteiger partial charge on any atom is 0.293 e. The zero-order valence-electron chi connectivity index (χ0n) is 10.5. The molecular weight excluding hydrogens is 248 g/mol. The highest BCUT2D eigenvalue weighted by Crippen LogP contribution is 2.20. The SMILES string of the molecule is CC(COC=O)c1coc(CC(=O)c2ccco2)c1. The molecule has 100 valence electrons. The fourth-order valence-corrected chi connectivity index (χ4v) is 1.71. The van der Waals surface area contributed by atoms with Crippen LogP contribution < -0.4 is 0 Å². The number of hydrogen-bond donors (Lipinski definition) is 0. The number of carbonyl (C=O) groups is 2. The highest BCUT2D eigenvalue weighted by Gasteiger charge is 2.15. The van der Waals surface area contributed by atoms with Gasteiger partial charge in [0.1, 0.15) is 5.76 Å². The van der Waals surface area contributed by atoms with Gasteiger partial charge in [0.05, 0.1) is 25.6 Å². The molecule has 0 radical (unpaired) electrons. The number of rotatable bonds is 7. The van der Waals surface area contributed by atoms with Gasteiger partial charge in [-0.1, -0.05) is 6.92 Å². The second-order valence-corrected chi connectivity index (χ2v) is 4.25. The molecule has 0 saturated heterocycles. The van der Waals surface area contributed by atoms with Crippen molar-refractivity contribution in [3.8, 4) is 0 Å². The number of ketones is 1. The minimum atomic E-state index is -0.136. The highest BCUT2D eigenvalue weighted by molar-refractivity contribution is 5.94. The van der Waals surface area contributed by atoms with Crippen LogP contribution in [-0.2, 0) is 16.0 Å². The molecule has 2 aromatic rings. The smallest absolute Gasteiger partial charge is 0.293 e.